The Morgan fingerprint density at radius 2 is 2.00 bits per heavy atom. The maximum Gasteiger partial charge on any atom is 0.323 e. The van der Waals surface area contributed by atoms with Crippen LogP contribution in [0.1, 0.15) is 20.8 Å². The van der Waals surface area contributed by atoms with Crippen LogP contribution in [0.2, 0.25) is 0 Å². The number of anilines is 2. The molecule has 0 bridgehead atoms. The third-order valence-corrected chi connectivity index (χ3v) is 2.19. The third kappa shape index (κ3) is 2.95. The number of ether oxygens (including phenoxy) is 1. The highest BCUT2D eigenvalue weighted by Crippen LogP contribution is 2.15. The van der Waals surface area contributed by atoms with E-state index in [1.54, 1.807) is 7.05 Å². The summed E-state index contributed by atoms with van der Waals surface area (Å²) >= 11 is 0. The maximum absolute atomic E-state index is 5.29. The van der Waals surface area contributed by atoms with Crippen molar-refractivity contribution in [2.45, 2.75) is 26.8 Å². The van der Waals surface area contributed by atoms with E-state index in [-0.39, 0.29) is 0 Å². The Morgan fingerprint density at radius 3 is 2.50 bits per heavy atom. The van der Waals surface area contributed by atoms with Gasteiger partial charge in [0, 0.05) is 20.1 Å². The number of rotatable bonds is 5. The van der Waals surface area contributed by atoms with Crippen LogP contribution in [-0.2, 0) is 0 Å². The predicted molar refractivity (Wildman–Crippen MR) is 64.1 cm³/mol. The molecule has 0 saturated heterocycles. The molecule has 0 aliphatic heterocycles. The minimum absolute atomic E-state index is 0.321. The molecule has 0 atom stereocenters. The molecule has 1 heterocycles. The second-order valence-corrected chi connectivity index (χ2v) is 3.63. The summed E-state index contributed by atoms with van der Waals surface area (Å²) < 4.78 is 5.29. The van der Waals surface area contributed by atoms with Gasteiger partial charge in [-0.3, -0.25) is 0 Å². The van der Waals surface area contributed by atoms with E-state index in [4.69, 9.17) is 4.74 Å². The van der Waals surface area contributed by atoms with E-state index in [0.29, 0.717) is 30.6 Å². The Kier molecular flexibility index (Phi) is 4.28. The van der Waals surface area contributed by atoms with Gasteiger partial charge < -0.3 is 15.0 Å². The highest BCUT2D eigenvalue weighted by Gasteiger charge is 2.12. The molecule has 1 aromatic heterocycles. The van der Waals surface area contributed by atoms with Crippen LogP contribution >= 0.6 is 0 Å². The Balaban J connectivity index is 3.03. The third-order valence-electron chi connectivity index (χ3n) is 2.19. The summed E-state index contributed by atoms with van der Waals surface area (Å²) in [6.45, 7) is 6.58. The van der Waals surface area contributed by atoms with Crippen LogP contribution in [-0.4, -0.2) is 41.7 Å². The molecule has 0 spiro atoms. The average molecular weight is 225 g/mol. The smallest absolute Gasteiger partial charge is 0.323 e. The van der Waals surface area contributed by atoms with Gasteiger partial charge in [0.2, 0.25) is 11.9 Å². The van der Waals surface area contributed by atoms with Gasteiger partial charge in [-0.25, -0.2) is 0 Å². The van der Waals surface area contributed by atoms with Crippen LogP contribution in [0, 0.1) is 0 Å². The summed E-state index contributed by atoms with van der Waals surface area (Å²) in [6.07, 6.45) is 0. The van der Waals surface area contributed by atoms with Crippen molar-refractivity contribution in [2.24, 2.45) is 0 Å². The van der Waals surface area contributed by atoms with Gasteiger partial charge in [0.05, 0.1) is 6.61 Å². The number of hydrogen-bond acceptors (Lipinski definition) is 6. The van der Waals surface area contributed by atoms with Gasteiger partial charge in [-0.15, -0.1) is 0 Å². The molecule has 6 nitrogen and oxygen atoms in total. The van der Waals surface area contributed by atoms with Gasteiger partial charge in [0.15, 0.2) is 0 Å². The highest BCUT2D eigenvalue weighted by atomic mass is 16.5. The summed E-state index contributed by atoms with van der Waals surface area (Å²) in [4.78, 5) is 14.6. The summed E-state index contributed by atoms with van der Waals surface area (Å²) in [6, 6.07) is 0.672. The number of nitrogens with one attached hydrogen (secondary N) is 1. The van der Waals surface area contributed by atoms with Crippen LogP contribution in [0.4, 0.5) is 11.9 Å². The molecule has 6 heteroatoms. The van der Waals surface area contributed by atoms with E-state index in [2.05, 4.69) is 34.1 Å². The number of hydrogen-bond donors (Lipinski definition) is 1. The second kappa shape index (κ2) is 5.48. The summed E-state index contributed by atoms with van der Waals surface area (Å²) in [7, 11) is 3.71. The lowest BCUT2D eigenvalue weighted by molar-refractivity contribution is 0.312. The standard InChI is InChI=1S/C10H19N5O/c1-6-16-10-13-8(11-4)12-9(14-10)15(5)7(2)3/h7H,6H2,1-5H3,(H,11,12,13,14). The number of nitrogens with zero attached hydrogens (tertiary/aromatic N) is 4. The molecular weight excluding hydrogens is 206 g/mol. The van der Waals surface area contributed by atoms with Crippen LogP contribution < -0.4 is 15.0 Å². The Labute approximate surface area is 96.1 Å². The average Bonchev–Trinajstić information content (AvgIpc) is 2.27. The first kappa shape index (κ1) is 12.5. The van der Waals surface area contributed by atoms with E-state index in [1.165, 1.54) is 0 Å². The predicted octanol–water partition coefficient (Wildman–Crippen LogP) is 1.16. The quantitative estimate of drug-likeness (QED) is 0.811. The van der Waals surface area contributed by atoms with Crippen LogP contribution in [0.25, 0.3) is 0 Å². The molecule has 0 aliphatic rings. The summed E-state index contributed by atoms with van der Waals surface area (Å²) in [5.41, 5.74) is 0. The normalized spacial score (nSPS) is 10.4. The molecular formula is C10H19N5O. The Hall–Kier alpha value is -1.59. The highest BCUT2D eigenvalue weighted by molar-refractivity contribution is 5.37. The molecule has 0 fully saturated rings. The Morgan fingerprint density at radius 1 is 1.31 bits per heavy atom. The van der Waals surface area contributed by atoms with Crippen LogP contribution in [0.5, 0.6) is 6.01 Å². The van der Waals surface area contributed by atoms with Crippen molar-refractivity contribution in [3.05, 3.63) is 0 Å². The lowest BCUT2D eigenvalue weighted by Gasteiger charge is -2.21. The van der Waals surface area contributed by atoms with Crippen molar-refractivity contribution in [1.29, 1.82) is 0 Å². The van der Waals surface area contributed by atoms with E-state index >= 15 is 0 Å². The van der Waals surface area contributed by atoms with Crippen molar-refractivity contribution in [3.8, 4) is 6.01 Å². The van der Waals surface area contributed by atoms with Gasteiger partial charge >= 0.3 is 6.01 Å². The molecule has 1 N–H and O–H groups in total. The SMILES string of the molecule is CCOc1nc(NC)nc(N(C)C(C)C)n1. The molecule has 0 radical (unpaired) electrons. The first-order valence-corrected chi connectivity index (χ1v) is 5.38. The lowest BCUT2D eigenvalue weighted by atomic mass is 10.4. The molecule has 0 unspecified atom stereocenters. The fourth-order valence-electron chi connectivity index (χ4n) is 1.04. The molecule has 0 aromatic carbocycles. The zero-order chi connectivity index (χ0) is 12.1. The van der Waals surface area contributed by atoms with Crippen molar-refractivity contribution >= 4 is 11.9 Å². The van der Waals surface area contributed by atoms with Crippen molar-refractivity contribution < 1.29 is 4.74 Å². The van der Waals surface area contributed by atoms with Gasteiger partial charge in [-0.2, -0.15) is 15.0 Å². The van der Waals surface area contributed by atoms with Crippen LogP contribution in [0.3, 0.4) is 0 Å². The van der Waals surface area contributed by atoms with Gasteiger partial charge in [0.25, 0.3) is 0 Å². The van der Waals surface area contributed by atoms with Crippen molar-refractivity contribution in [2.75, 3.05) is 30.9 Å². The maximum atomic E-state index is 5.29. The fraction of sp³-hybridized carbons (Fsp3) is 0.700. The zero-order valence-corrected chi connectivity index (χ0v) is 10.5. The summed E-state index contributed by atoms with van der Waals surface area (Å²) in [5.74, 6) is 1.12. The number of aromatic nitrogens is 3. The van der Waals surface area contributed by atoms with Crippen LogP contribution in [0.15, 0.2) is 0 Å². The van der Waals surface area contributed by atoms with Crippen molar-refractivity contribution in [1.82, 2.24) is 15.0 Å². The molecule has 0 amide bonds. The molecule has 0 aliphatic carbocycles. The monoisotopic (exact) mass is 225 g/mol. The second-order valence-electron chi connectivity index (χ2n) is 3.63. The zero-order valence-electron chi connectivity index (χ0n) is 10.5. The molecule has 16 heavy (non-hydrogen) atoms. The van der Waals surface area contributed by atoms with E-state index in [0.717, 1.165) is 0 Å². The first-order valence-electron chi connectivity index (χ1n) is 5.38. The molecule has 90 valence electrons. The van der Waals surface area contributed by atoms with Gasteiger partial charge in [-0.1, -0.05) is 0 Å². The summed E-state index contributed by atoms with van der Waals surface area (Å²) in [5, 5.41) is 2.89. The molecule has 0 saturated carbocycles. The molecule has 1 rings (SSSR count). The van der Waals surface area contributed by atoms with E-state index < -0.39 is 0 Å². The largest absolute Gasteiger partial charge is 0.464 e. The van der Waals surface area contributed by atoms with Gasteiger partial charge in [-0.05, 0) is 20.8 Å². The van der Waals surface area contributed by atoms with E-state index in [9.17, 15) is 0 Å². The Bertz CT molecular complexity index is 342. The van der Waals surface area contributed by atoms with Crippen molar-refractivity contribution in [3.63, 3.8) is 0 Å². The van der Waals surface area contributed by atoms with Gasteiger partial charge in [0.1, 0.15) is 0 Å². The minimum Gasteiger partial charge on any atom is -0.464 e. The first-order chi connectivity index (χ1) is 7.58. The topological polar surface area (TPSA) is 63.2 Å². The molecule has 1 aromatic rings. The lowest BCUT2D eigenvalue weighted by Crippen LogP contribution is -2.28. The van der Waals surface area contributed by atoms with E-state index in [1.807, 2.05) is 18.9 Å². The minimum atomic E-state index is 0.321. The fourth-order valence-corrected chi connectivity index (χ4v) is 1.04.